The zero-order chi connectivity index (χ0) is 18.2. The average Bonchev–Trinajstić information content (AvgIpc) is 2.99. The van der Waals surface area contributed by atoms with Crippen LogP contribution < -0.4 is 4.72 Å². The highest BCUT2D eigenvalue weighted by atomic mass is 32.2. The summed E-state index contributed by atoms with van der Waals surface area (Å²) in [6.07, 6.45) is 0. The number of hydrogen-bond acceptors (Lipinski definition) is 5. The van der Waals surface area contributed by atoms with Crippen LogP contribution in [0.25, 0.3) is 10.9 Å². The molecule has 1 heterocycles. The second-order valence-electron chi connectivity index (χ2n) is 5.34. The number of fused-ring (bicyclic) bond motifs is 1. The van der Waals surface area contributed by atoms with E-state index in [1.165, 1.54) is 31.4 Å². The lowest BCUT2D eigenvalue weighted by Crippen LogP contribution is -2.13. The Morgan fingerprint density at radius 1 is 1.24 bits per heavy atom. The molecule has 3 aromatic rings. The minimum atomic E-state index is -3.98. The molecule has 0 bridgehead atoms. The van der Waals surface area contributed by atoms with Gasteiger partial charge in [0.05, 0.1) is 17.5 Å². The second-order valence-corrected chi connectivity index (χ2v) is 7.02. The summed E-state index contributed by atoms with van der Waals surface area (Å²) >= 11 is 0. The lowest BCUT2D eigenvalue weighted by atomic mass is 10.2. The van der Waals surface area contributed by atoms with Gasteiger partial charge in [-0.05, 0) is 42.8 Å². The number of hydrogen-bond donors (Lipinski definition) is 2. The van der Waals surface area contributed by atoms with E-state index in [0.717, 1.165) is 6.07 Å². The number of aryl methyl sites for hydroxylation is 1. The van der Waals surface area contributed by atoms with Crippen LogP contribution in [0.4, 0.5) is 10.1 Å². The molecule has 0 atom stereocenters. The van der Waals surface area contributed by atoms with Gasteiger partial charge >= 0.3 is 5.97 Å². The largest absolute Gasteiger partial charge is 0.464 e. The molecular weight excluding hydrogens is 349 g/mol. The van der Waals surface area contributed by atoms with Gasteiger partial charge in [0, 0.05) is 11.1 Å². The molecule has 0 unspecified atom stereocenters. The Morgan fingerprint density at radius 3 is 2.68 bits per heavy atom. The van der Waals surface area contributed by atoms with E-state index in [2.05, 4.69) is 19.7 Å². The van der Waals surface area contributed by atoms with Gasteiger partial charge in [-0.25, -0.2) is 17.6 Å². The number of nitrogens with one attached hydrogen (secondary N) is 2. The molecule has 0 aliphatic rings. The minimum absolute atomic E-state index is 0.0416. The second kappa shape index (κ2) is 6.17. The number of ether oxygens (including phenoxy) is 1. The van der Waals surface area contributed by atoms with Crippen molar-refractivity contribution in [2.75, 3.05) is 11.8 Å². The van der Waals surface area contributed by atoms with E-state index in [1.54, 1.807) is 13.0 Å². The normalized spacial score (nSPS) is 11.5. The SMILES string of the molecule is COC(=O)c1n[nH]c2ccc(NS(=O)(=O)c3ccc(C)c(F)c3)cc12. The van der Waals surface area contributed by atoms with Crippen molar-refractivity contribution in [1.29, 1.82) is 0 Å². The first kappa shape index (κ1) is 16.9. The van der Waals surface area contributed by atoms with Crippen LogP contribution in [0.5, 0.6) is 0 Å². The van der Waals surface area contributed by atoms with Gasteiger partial charge in [-0.2, -0.15) is 5.10 Å². The molecule has 0 aliphatic carbocycles. The fourth-order valence-corrected chi connectivity index (χ4v) is 3.35. The number of esters is 1. The van der Waals surface area contributed by atoms with Crippen LogP contribution in [-0.2, 0) is 14.8 Å². The van der Waals surface area contributed by atoms with Crippen molar-refractivity contribution in [3.05, 3.63) is 53.5 Å². The van der Waals surface area contributed by atoms with E-state index in [9.17, 15) is 17.6 Å². The molecule has 0 radical (unpaired) electrons. The lowest BCUT2D eigenvalue weighted by Gasteiger charge is -2.09. The van der Waals surface area contributed by atoms with Crippen molar-refractivity contribution in [2.24, 2.45) is 0 Å². The quantitative estimate of drug-likeness (QED) is 0.694. The topological polar surface area (TPSA) is 101 Å². The molecule has 0 saturated heterocycles. The third kappa shape index (κ3) is 3.18. The predicted molar refractivity (Wildman–Crippen MR) is 89.4 cm³/mol. The zero-order valence-corrected chi connectivity index (χ0v) is 14.1. The Kier molecular flexibility index (Phi) is 4.17. The molecule has 0 aliphatic heterocycles. The van der Waals surface area contributed by atoms with Gasteiger partial charge in [0.25, 0.3) is 10.0 Å². The Bertz CT molecular complexity index is 1080. The third-order valence-electron chi connectivity index (χ3n) is 3.65. The van der Waals surface area contributed by atoms with Crippen molar-refractivity contribution >= 4 is 32.6 Å². The van der Waals surface area contributed by atoms with Gasteiger partial charge in [0.15, 0.2) is 5.69 Å². The van der Waals surface area contributed by atoms with Crippen molar-refractivity contribution in [2.45, 2.75) is 11.8 Å². The number of sulfonamides is 1. The number of aromatic amines is 1. The number of halogens is 1. The highest BCUT2D eigenvalue weighted by Gasteiger charge is 2.18. The summed E-state index contributed by atoms with van der Waals surface area (Å²) in [5.74, 6) is -1.26. The Morgan fingerprint density at radius 2 is 2.00 bits per heavy atom. The predicted octanol–water partition coefficient (Wildman–Crippen LogP) is 2.60. The van der Waals surface area contributed by atoms with Crippen molar-refractivity contribution in [3.63, 3.8) is 0 Å². The van der Waals surface area contributed by atoms with Crippen LogP contribution in [0.1, 0.15) is 16.1 Å². The Hall–Kier alpha value is -2.94. The first-order valence-corrected chi connectivity index (χ1v) is 8.65. The molecule has 0 fully saturated rings. The number of carbonyl (C=O) groups is 1. The highest BCUT2D eigenvalue weighted by molar-refractivity contribution is 7.92. The van der Waals surface area contributed by atoms with Gasteiger partial charge in [-0.15, -0.1) is 0 Å². The van der Waals surface area contributed by atoms with Crippen LogP contribution in [0, 0.1) is 12.7 Å². The molecule has 0 amide bonds. The minimum Gasteiger partial charge on any atom is -0.464 e. The lowest BCUT2D eigenvalue weighted by molar-refractivity contribution is 0.0596. The maximum Gasteiger partial charge on any atom is 0.359 e. The fraction of sp³-hybridized carbons (Fsp3) is 0.125. The molecule has 130 valence electrons. The highest BCUT2D eigenvalue weighted by Crippen LogP contribution is 2.24. The van der Waals surface area contributed by atoms with Crippen molar-refractivity contribution < 1.29 is 22.3 Å². The Balaban J connectivity index is 1.99. The summed E-state index contributed by atoms with van der Waals surface area (Å²) in [4.78, 5) is 11.5. The molecule has 3 rings (SSSR count). The number of anilines is 1. The first-order chi connectivity index (χ1) is 11.8. The summed E-state index contributed by atoms with van der Waals surface area (Å²) < 4.78 is 45.5. The van der Waals surface area contributed by atoms with E-state index in [0.29, 0.717) is 16.5 Å². The van der Waals surface area contributed by atoms with Gasteiger partial charge < -0.3 is 4.74 Å². The molecule has 0 spiro atoms. The standard InChI is InChI=1S/C16H14FN3O4S/c1-9-3-5-11(8-13(9)17)25(22,23)20-10-4-6-14-12(7-10)15(19-18-14)16(21)24-2/h3-8,20H,1-2H3,(H,18,19). The Labute approximate surface area is 142 Å². The van der Waals surface area contributed by atoms with E-state index < -0.39 is 21.8 Å². The smallest absolute Gasteiger partial charge is 0.359 e. The van der Waals surface area contributed by atoms with E-state index in [1.807, 2.05) is 0 Å². The maximum absolute atomic E-state index is 13.6. The molecule has 9 heteroatoms. The third-order valence-corrected chi connectivity index (χ3v) is 5.03. The van der Waals surface area contributed by atoms with Gasteiger partial charge in [-0.1, -0.05) is 6.07 Å². The van der Waals surface area contributed by atoms with Crippen molar-refractivity contribution in [3.8, 4) is 0 Å². The summed E-state index contributed by atoms with van der Waals surface area (Å²) in [6.45, 7) is 1.54. The van der Waals surface area contributed by atoms with Gasteiger partial charge in [0.2, 0.25) is 0 Å². The summed E-state index contributed by atoms with van der Waals surface area (Å²) in [6, 6.07) is 8.18. The van der Waals surface area contributed by atoms with Crippen LogP contribution in [0.15, 0.2) is 41.3 Å². The molecule has 2 N–H and O–H groups in total. The summed E-state index contributed by atoms with van der Waals surface area (Å²) in [7, 11) is -2.76. The number of aromatic nitrogens is 2. The molecule has 25 heavy (non-hydrogen) atoms. The molecule has 2 aromatic carbocycles. The number of nitrogens with zero attached hydrogens (tertiary/aromatic N) is 1. The van der Waals surface area contributed by atoms with Gasteiger partial charge in [0.1, 0.15) is 5.82 Å². The summed E-state index contributed by atoms with van der Waals surface area (Å²) in [5, 5.41) is 6.92. The zero-order valence-electron chi connectivity index (χ0n) is 13.3. The number of carbonyl (C=O) groups excluding carboxylic acids is 1. The van der Waals surface area contributed by atoms with Crippen LogP contribution in [0.3, 0.4) is 0 Å². The van der Waals surface area contributed by atoms with E-state index in [-0.39, 0.29) is 16.3 Å². The van der Waals surface area contributed by atoms with E-state index >= 15 is 0 Å². The molecule has 7 nitrogen and oxygen atoms in total. The number of rotatable bonds is 4. The summed E-state index contributed by atoms with van der Waals surface area (Å²) in [5.41, 5.74) is 1.14. The number of benzene rings is 2. The fourth-order valence-electron chi connectivity index (χ4n) is 2.28. The van der Waals surface area contributed by atoms with Crippen LogP contribution in [0.2, 0.25) is 0 Å². The monoisotopic (exact) mass is 363 g/mol. The van der Waals surface area contributed by atoms with Gasteiger partial charge in [-0.3, -0.25) is 9.82 Å². The molecule has 1 aromatic heterocycles. The van der Waals surface area contributed by atoms with Crippen LogP contribution >= 0.6 is 0 Å². The molecule has 0 saturated carbocycles. The van der Waals surface area contributed by atoms with Crippen molar-refractivity contribution in [1.82, 2.24) is 10.2 Å². The van der Waals surface area contributed by atoms with Crippen LogP contribution in [-0.4, -0.2) is 31.7 Å². The van der Waals surface area contributed by atoms with E-state index in [4.69, 9.17) is 0 Å². The molecular formula is C16H14FN3O4S. The average molecular weight is 363 g/mol. The number of methoxy groups -OCH3 is 1. The number of H-pyrrole nitrogens is 1. The first-order valence-electron chi connectivity index (χ1n) is 7.17. The maximum atomic E-state index is 13.6.